The van der Waals surface area contributed by atoms with E-state index in [2.05, 4.69) is 11.4 Å². The third-order valence-corrected chi connectivity index (χ3v) is 5.79. The molecular weight excluding hydrogens is 360 g/mol. The summed E-state index contributed by atoms with van der Waals surface area (Å²) >= 11 is 0. The Morgan fingerprint density at radius 2 is 1.86 bits per heavy atom. The summed E-state index contributed by atoms with van der Waals surface area (Å²) < 4.78 is 29.0. The number of amides is 1. The molecule has 1 amide bonds. The average molecular weight is 377 g/mol. The molecule has 0 radical (unpaired) electrons. The van der Waals surface area contributed by atoms with Crippen molar-refractivity contribution in [2.24, 2.45) is 0 Å². The number of nitrogens with one attached hydrogen (secondary N) is 1. The molecule has 1 saturated heterocycles. The van der Waals surface area contributed by atoms with Gasteiger partial charge in [0, 0.05) is 29.3 Å². The van der Waals surface area contributed by atoms with Crippen LogP contribution in [0.1, 0.15) is 53.5 Å². The molecule has 2 aliphatic heterocycles. The molecule has 5 rings (SSSR count). The maximum Gasteiger partial charge on any atom is 0.250 e. The van der Waals surface area contributed by atoms with E-state index in [-0.39, 0.29) is 29.6 Å². The highest BCUT2D eigenvalue weighted by atomic mass is 19.1. The number of fused-ring (bicyclic) bond motifs is 1. The molecule has 0 spiro atoms. The highest BCUT2D eigenvalue weighted by molar-refractivity contribution is 5.97. The first-order valence-electron chi connectivity index (χ1n) is 9.35. The van der Waals surface area contributed by atoms with Gasteiger partial charge in [-0.2, -0.15) is 5.26 Å². The molecule has 0 aromatic heterocycles. The molecule has 3 aliphatic rings. The van der Waals surface area contributed by atoms with Gasteiger partial charge in [0.15, 0.2) is 0 Å². The fourth-order valence-electron chi connectivity index (χ4n) is 4.13. The molecule has 28 heavy (non-hydrogen) atoms. The first kappa shape index (κ1) is 16.9. The molecular formula is C22H17F2N3O. The maximum absolute atomic E-state index is 15.0. The minimum atomic E-state index is -0.499. The fourth-order valence-corrected chi connectivity index (χ4v) is 4.13. The molecule has 1 N–H and O–H groups in total. The third-order valence-electron chi connectivity index (χ3n) is 5.79. The quantitative estimate of drug-likeness (QED) is 0.881. The van der Waals surface area contributed by atoms with Gasteiger partial charge in [-0.25, -0.2) is 8.78 Å². The van der Waals surface area contributed by atoms with Crippen LogP contribution >= 0.6 is 0 Å². The number of carbonyl (C=O) groups is 1. The van der Waals surface area contributed by atoms with E-state index in [4.69, 9.17) is 5.26 Å². The Kier molecular flexibility index (Phi) is 3.73. The van der Waals surface area contributed by atoms with Gasteiger partial charge in [0.05, 0.1) is 17.7 Å². The normalized spacial score (nSPS) is 23.2. The van der Waals surface area contributed by atoms with E-state index in [1.807, 2.05) is 0 Å². The van der Waals surface area contributed by atoms with Crippen molar-refractivity contribution in [3.05, 3.63) is 76.4 Å². The Labute approximate surface area is 161 Å². The summed E-state index contributed by atoms with van der Waals surface area (Å²) in [5, 5.41) is 12.2. The van der Waals surface area contributed by atoms with Gasteiger partial charge in [-0.1, -0.05) is 18.2 Å². The Hall–Kier alpha value is -3.20. The van der Waals surface area contributed by atoms with E-state index in [1.54, 1.807) is 29.2 Å². The van der Waals surface area contributed by atoms with Gasteiger partial charge >= 0.3 is 0 Å². The van der Waals surface area contributed by atoms with E-state index in [1.165, 1.54) is 18.2 Å². The van der Waals surface area contributed by atoms with Crippen molar-refractivity contribution in [2.45, 2.75) is 37.4 Å². The molecule has 2 fully saturated rings. The zero-order chi connectivity index (χ0) is 19.4. The predicted molar refractivity (Wildman–Crippen MR) is 98.6 cm³/mol. The second-order valence-corrected chi connectivity index (χ2v) is 7.54. The van der Waals surface area contributed by atoms with Crippen LogP contribution in [-0.2, 0) is 4.79 Å². The molecule has 6 heteroatoms. The van der Waals surface area contributed by atoms with Gasteiger partial charge in [0.25, 0.3) is 5.91 Å². The molecule has 4 nitrogen and oxygen atoms in total. The van der Waals surface area contributed by atoms with Crippen molar-refractivity contribution in [2.75, 3.05) is 0 Å². The molecule has 2 unspecified atom stereocenters. The number of rotatable bonds is 3. The Balaban J connectivity index is 1.42. The Morgan fingerprint density at radius 3 is 2.50 bits per heavy atom. The molecule has 2 atom stereocenters. The van der Waals surface area contributed by atoms with Crippen molar-refractivity contribution in [3.63, 3.8) is 0 Å². The van der Waals surface area contributed by atoms with Gasteiger partial charge in [-0.05, 0) is 42.5 Å². The van der Waals surface area contributed by atoms with E-state index < -0.39 is 11.6 Å². The number of hydrogen-bond donors (Lipinski definition) is 1. The lowest BCUT2D eigenvalue weighted by Crippen LogP contribution is -2.61. The van der Waals surface area contributed by atoms with Gasteiger partial charge in [0.1, 0.15) is 17.8 Å². The lowest BCUT2D eigenvalue weighted by molar-refractivity contribution is -0.142. The predicted octanol–water partition coefficient (Wildman–Crippen LogP) is 3.96. The van der Waals surface area contributed by atoms with Crippen molar-refractivity contribution < 1.29 is 13.6 Å². The van der Waals surface area contributed by atoms with Gasteiger partial charge in [0.2, 0.25) is 0 Å². The molecule has 140 valence electrons. The summed E-state index contributed by atoms with van der Waals surface area (Å²) in [6.07, 6.45) is 3.46. The van der Waals surface area contributed by atoms with Crippen molar-refractivity contribution in [1.82, 2.24) is 10.2 Å². The number of nitriles is 1. The van der Waals surface area contributed by atoms with Crippen molar-refractivity contribution in [1.29, 1.82) is 5.26 Å². The molecule has 1 aliphatic carbocycles. The number of carbonyl (C=O) groups excluding carboxylic acids is 1. The highest BCUT2D eigenvalue weighted by Gasteiger charge is 2.46. The number of hydrogen-bond acceptors (Lipinski definition) is 3. The first-order valence-corrected chi connectivity index (χ1v) is 9.35. The van der Waals surface area contributed by atoms with Crippen LogP contribution in [-0.4, -0.2) is 17.0 Å². The van der Waals surface area contributed by atoms with E-state index in [0.29, 0.717) is 23.2 Å². The van der Waals surface area contributed by atoms with Crippen LogP contribution in [0.2, 0.25) is 0 Å². The third kappa shape index (κ3) is 2.58. The standard InChI is InChI=1S/C22H17F2N3O/c23-16-8-7-15(22(24)21(16)14-5-6-14)18-10-19-26-17(9-20(28)27(18)19)13-3-1-12(11-25)2-4-13/h1-4,7-9,14,18-19,26H,5-6,10H2. The van der Waals surface area contributed by atoms with Gasteiger partial charge < -0.3 is 10.2 Å². The highest BCUT2D eigenvalue weighted by Crippen LogP contribution is 2.47. The van der Waals surface area contributed by atoms with Gasteiger partial charge in [-0.15, -0.1) is 0 Å². The molecule has 2 heterocycles. The maximum atomic E-state index is 15.0. The lowest BCUT2D eigenvalue weighted by Gasteiger charge is -2.51. The minimum absolute atomic E-state index is 0.0334. The topological polar surface area (TPSA) is 56.1 Å². The second kappa shape index (κ2) is 6.16. The van der Waals surface area contributed by atoms with Crippen LogP contribution < -0.4 is 5.32 Å². The molecule has 1 saturated carbocycles. The summed E-state index contributed by atoms with van der Waals surface area (Å²) in [6.45, 7) is 0. The van der Waals surface area contributed by atoms with E-state index in [0.717, 1.165) is 18.4 Å². The zero-order valence-corrected chi connectivity index (χ0v) is 15.0. The summed E-state index contributed by atoms with van der Waals surface area (Å²) in [6, 6.07) is 11.4. The van der Waals surface area contributed by atoms with Crippen molar-refractivity contribution >= 4 is 11.6 Å². The van der Waals surface area contributed by atoms with Crippen molar-refractivity contribution in [3.8, 4) is 6.07 Å². The smallest absolute Gasteiger partial charge is 0.250 e. The molecule has 2 aromatic rings. The molecule has 0 bridgehead atoms. The van der Waals surface area contributed by atoms with E-state index >= 15 is 0 Å². The number of nitrogens with zero attached hydrogens (tertiary/aromatic N) is 2. The zero-order valence-electron chi connectivity index (χ0n) is 15.0. The van der Waals surface area contributed by atoms with Crippen LogP contribution in [0.5, 0.6) is 0 Å². The summed E-state index contributed by atoms with van der Waals surface area (Å²) in [7, 11) is 0. The average Bonchev–Trinajstić information content (AvgIpc) is 3.49. The minimum Gasteiger partial charge on any atom is -0.364 e. The van der Waals surface area contributed by atoms with Crippen LogP contribution in [0.25, 0.3) is 5.70 Å². The summed E-state index contributed by atoms with van der Waals surface area (Å²) in [4.78, 5) is 14.3. The monoisotopic (exact) mass is 377 g/mol. The summed E-state index contributed by atoms with van der Waals surface area (Å²) in [5.41, 5.74) is 2.62. The number of halogens is 2. The molecule has 2 aromatic carbocycles. The second-order valence-electron chi connectivity index (χ2n) is 7.54. The first-order chi connectivity index (χ1) is 13.6. The largest absolute Gasteiger partial charge is 0.364 e. The van der Waals surface area contributed by atoms with Crippen LogP contribution in [0, 0.1) is 23.0 Å². The van der Waals surface area contributed by atoms with Crippen LogP contribution in [0.4, 0.5) is 8.78 Å². The van der Waals surface area contributed by atoms with Gasteiger partial charge in [-0.3, -0.25) is 4.79 Å². The Bertz CT molecular complexity index is 1050. The lowest BCUT2D eigenvalue weighted by atomic mass is 9.87. The SMILES string of the molecule is N#Cc1ccc(C2=CC(=O)N3C(CC3c3ccc(F)c(C4CC4)c3F)N2)cc1. The fraction of sp³-hybridized carbons (Fsp3) is 0.273. The number of benzene rings is 2. The van der Waals surface area contributed by atoms with Crippen LogP contribution in [0.15, 0.2) is 42.5 Å². The summed E-state index contributed by atoms with van der Waals surface area (Å²) in [5.74, 6) is -1.23. The Morgan fingerprint density at radius 1 is 1.11 bits per heavy atom. The van der Waals surface area contributed by atoms with Crippen LogP contribution in [0.3, 0.4) is 0 Å². The van der Waals surface area contributed by atoms with E-state index in [9.17, 15) is 13.6 Å².